The number of carbonyl (C=O) groups is 1. The molecule has 0 bridgehead atoms. The Labute approximate surface area is 257 Å². The Morgan fingerprint density at radius 2 is 1.29 bits per heavy atom. The number of allylic oxidation sites excluding steroid dienone is 4. The molecule has 0 aliphatic heterocycles. The van der Waals surface area contributed by atoms with Gasteiger partial charge in [0.05, 0.1) is 19.8 Å². The Balaban J connectivity index is 4.11. The maximum atomic E-state index is 12.4. The van der Waals surface area contributed by atoms with Gasteiger partial charge < -0.3 is 20.1 Å². The van der Waals surface area contributed by atoms with Crippen LogP contribution < -0.4 is 5.73 Å². The van der Waals surface area contributed by atoms with Crippen molar-refractivity contribution in [1.29, 1.82) is 0 Å². The summed E-state index contributed by atoms with van der Waals surface area (Å²) in [6, 6.07) is 0. The normalized spacial score (nSPS) is 14.1. The van der Waals surface area contributed by atoms with Gasteiger partial charge in [0, 0.05) is 19.6 Å². The van der Waals surface area contributed by atoms with E-state index in [1.807, 2.05) is 0 Å². The lowest BCUT2D eigenvalue weighted by Gasteiger charge is -2.20. The molecular weight excluding hydrogens is 553 g/mol. The fraction of sp³-hybridized carbons (Fsp3) is 0.848. The lowest BCUT2D eigenvalue weighted by atomic mass is 10.1. The van der Waals surface area contributed by atoms with Gasteiger partial charge in [0.1, 0.15) is 6.10 Å². The molecule has 0 saturated heterocycles. The summed E-state index contributed by atoms with van der Waals surface area (Å²) in [5, 5.41) is 0. The average molecular weight is 618 g/mol. The van der Waals surface area contributed by atoms with Crippen molar-refractivity contribution in [3.05, 3.63) is 24.3 Å². The second-order valence-electron chi connectivity index (χ2n) is 11.0. The van der Waals surface area contributed by atoms with E-state index in [1.165, 1.54) is 77.0 Å². The molecule has 2 unspecified atom stereocenters. The maximum absolute atomic E-state index is 12.4. The molecule has 0 aliphatic rings. The Kier molecular flexibility index (Phi) is 30.6. The van der Waals surface area contributed by atoms with E-state index in [-0.39, 0.29) is 32.3 Å². The zero-order valence-electron chi connectivity index (χ0n) is 27.0. The highest BCUT2D eigenvalue weighted by Crippen LogP contribution is 2.43. The zero-order valence-corrected chi connectivity index (χ0v) is 27.9. The van der Waals surface area contributed by atoms with Crippen LogP contribution in [0.25, 0.3) is 0 Å². The molecule has 0 heterocycles. The van der Waals surface area contributed by atoms with E-state index in [1.54, 1.807) is 0 Å². The highest BCUT2D eigenvalue weighted by atomic mass is 31.2. The number of unbranched alkanes of at least 4 members (excludes halogenated alkanes) is 15. The number of esters is 1. The van der Waals surface area contributed by atoms with Crippen molar-refractivity contribution >= 4 is 13.8 Å². The van der Waals surface area contributed by atoms with Gasteiger partial charge in [0.15, 0.2) is 0 Å². The van der Waals surface area contributed by atoms with Gasteiger partial charge in [-0.1, -0.05) is 122 Å². The van der Waals surface area contributed by atoms with E-state index in [0.717, 1.165) is 44.9 Å². The summed E-state index contributed by atoms with van der Waals surface area (Å²) in [5.41, 5.74) is 5.33. The first-order valence-electron chi connectivity index (χ1n) is 16.8. The third-order valence-corrected chi connectivity index (χ3v) is 7.86. The van der Waals surface area contributed by atoms with E-state index < -0.39 is 13.9 Å². The Morgan fingerprint density at radius 3 is 1.93 bits per heavy atom. The number of nitrogens with two attached hydrogens (primary N) is 1. The molecule has 248 valence electrons. The lowest BCUT2D eigenvalue weighted by Crippen LogP contribution is -2.28. The molecule has 8 nitrogen and oxygen atoms in total. The molecule has 9 heteroatoms. The molecule has 0 aromatic carbocycles. The minimum absolute atomic E-state index is 0.0966. The molecule has 0 spiro atoms. The van der Waals surface area contributed by atoms with Gasteiger partial charge in [-0.05, 0) is 38.5 Å². The number of carbonyl (C=O) groups excluding carboxylic acids is 1. The highest BCUT2D eigenvalue weighted by molar-refractivity contribution is 7.47. The number of hydrogen-bond donors (Lipinski definition) is 2. The van der Waals surface area contributed by atoms with Crippen LogP contribution in [0.4, 0.5) is 0 Å². The Hall–Kier alpha value is -1.02. The molecule has 0 aromatic rings. The van der Waals surface area contributed by atoms with Crippen molar-refractivity contribution in [1.82, 2.24) is 0 Å². The zero-order chi connectivity index (χ0) is 31.0. The molecule has 0 radical (unpaired) electrons. The van der Waals surface area contributed by atoms with Crippen LogP contribution in [-0.4, -0.2) is 49.9 Å². The first-order valence-corrected chi connectivity index (χ1v) is 18.3. The molecule has 0 rings (SSSR count). The van der Waals surface area contributed by atoms with Gasteiger partial charge in [-0.25, -0.2) is 4.57 Å². The molecule has 0 amide bonds. The van der Waals surface area contributed by atoms with Crippen molar-refractivity contribution in [3.63, 3.8) is 0 Å². The van der Waals surface area contributed by atoms with E-state index >= 15 is 0 Å². The quantitative estimate of drug-likeness (QED) is 0.0332. The van der Waals surface area contributed by atoms with Gasteiger partial charge in [-0.3, -0.25) is 13.8 Å². The van der Waals surface area contributed by atoms with Crippen molar-refractivity contribution in [2.75, 3.05) is 33.0 Å². The van der Waals surface area contributed by atoms with Crippen molar-refractivity contribution in [3.8, 4) is 0 Å². The van der Waals surface area contributed by atoms with Crippen molar-refractivity contribution in [2.45, 2.75) is 148 Å². The van der Waals surface area contributed by atoms with E-state index in [9.17, 15) is 14.3 Å². The summed E-state index contributed by atoms with van der Waals surface area (Å²) in [6.45, 7) is 4.81. The molecule has 2 atom stereocenters. The van der Waals surface area contributed by atoms with Gasteiger partial charge in [0.2, 0.25) is 0 Å². The fourth-order valence-electron chi connectivity index (χ4n) is 4.36. The van der Waals surface area contributed by atoms with Crippen LogP contribution in [0.5, 0.6) is 0 Å². The first-order chi connectivity index (χ1) is 20.4. The summed E-state index contributed by atoms with van der Waals surface area (Å²) < 4.78 is 33.1. The molecular formula is C33H64NO7P. The van der Waals surface area contributed by atoms with Gasteiger partial charge in [-0.2, -0.15) is 0 Å². The summed E-state index contributed by atoms with van der Waals surface area (Å²) >= 11 is 0. The number of rotatable bonds is 32. The summed E-state index contributed by atoms with van der Waals surface area (Å²) in [5.74, 6) is -0.341. The van der Waals surface area contributed by atoms with E-state index in [0.29, 0.717) is 13.0 Å². The van der Waals surface area contributed by atoms with Crippen LogP contribution in [0.2, 0.25) is 0 Å². The third-order valence-electron chi connectivity index (χ3n) is 6.87. The van der Waals surface area contributed by atoms with Crippen molar-refractivity contribution in [2.24, 2.45) is 5.73 Å². The summed E-state index contributed by atoms with van der Waals surface area (Å²) in [6.07, 6.45) is 30.5. The second kappa shape index (κ2) is 31.4. The monoisotopic (exact) mass is 617 g/mol. The van der Waals surface area contributed by atoms with Crippen LogP contribution in [0.3, 0.4) is 0 Å². The molecule has 0 aliphatic carbocycles. The Bertz CT molecular complexity index is 702. The fourth-order valence-corrected chi connectivity index (χ4v) is 5.13. The van der Waals surface area contributed by atoms with E-state index in [2.05, 4.69) is 38.2 Å². The van der Waals surface area contributed by atoms with Crippen LogP contribution >= 0.6 is 7.82 Å². The van der Waals surface area contributed by atoms with Gasteiger partial charge in [0.25, 0.3) is 0 Å². The SMILES string of the molecule is CCCC/C=C\C/C=C\CCCCCCCCOCC(COP(=O)(O)OCCN)OC(=O)CCCCCCCCCC. The minimum Gasteiger partial charge on any atom is -0.457 e. The number of phosphoric acid groups is 1. The lowest BCUT2D eigenvalue weighted by molar-refractivity contribution is -0.154. The predicted molar refractivity (Wildman–Crippen MR) is 173 cm³/mol. The van der Waals surface area contributed by atoms with Crippen LogP contribution in [0.1, 0.15) is 142 Å². The molecule has 0 fully saturated rings. The van der Waals surface area contributed by atoms with Gasteiger partial charge >= 0.3 is 13.8 Å². The molecule has 42 heavy (non-hydrogen) atoms. The average Bonchev–Trinajstić information content (AvgIpc) is 2.97. The predicted octanol–water partition coefficient (Wildman–Crippen LogP) is 8.96. The molecule has 0 aromatic heterocycles. The first kappa shape index (κ1) is 41.0. The smallest absolute Gasteiger partial charge is 0.457 e. The summed E-state index contributed by atoms with van der Waals surface area (Å²) in [4.78, 5) is 22.2. The van der Waals surface area contributed by atoms with Crippen molar-refractivity contribution < 1.29 is 32.8 Å². The molecule has 3 N–H and O–H groups in total. The van der Waals surface area contributed by atoms with E-state index in [4.69, 9.17) is 24.3 Å². The number of hydrogen-bond acceptors (Lipinski definition) is 7. The summed E-state index contributed by atoms with van der Waals surface area (Å²) in [7, 11) is -4.26. The third kappa shape index (κ3) is 30.4. The largest absolute Gasteiger partial charge is 0.472 e. The Morgan fingerprint density at radius 1 is 0.714 bits per heavy atom. The topological polar surface area (TPSA) is 117 Å². The van der Waals surface area contributed by atoms with Crippen LogP contribution in [0.15, 0.2) is 24.3 Å². The van der Waals surface area contributed by atoms with Crippen LogP contribution in [0, 0.1) is 0 Å². The maximum Gasteiger partial charge on any atom is 0.472 e. The molecule has 0 saturated carbocycles. The second-order valence-corrected chi connectivity index (χ2v) is 12.5. The minimum atomic E-state index is -4.26. The number of phosphoric ester groups is 1. The highest BCUT2D eigenvalue weighted by Gasteiger charge is 2.25. The van der Waals surface area contributed by atoms with Crippen LogP contribution in [-0.2, 0) is 27.9 Å². The number of ether oxygens (including phenoxy) is 2. The standard InChI is InChI=1S/C33H64NO7P/c1-3-5-7-9-11-13-14-15-16-17-18-19-21-23-25-28-38-30-32(31-40-42(36,37)39-29-27-34)41-33(35)26-24-22-20-12-10-8-6-4-2/h9,11,14-15,32H,3-8,10,12-13,16-31,34H2,1-2H3,(H,36,37)/b11-9-,15-14-. The van der Waals surface area contributed by atoms with Gasteiger partial charge in [-0.15, -0.1) is 0 Å².